The fourth-order valence-electron chi connectivity index (χ4n) is 5.26. The molecule has 0 radical (unpaired) electrons. The molecule has 8 nitrogen and oxygen atoms in total. The van der Waals surface area contributed by atoms with Gasteiger partial charge in [0.1, 0.15) is 6.07 Å². The number of pyridine rings is 1. The van der Waals surface area contributed by atoms with Crippen molar-refractivity contribution in [3.05, 3.63) is 47.7 Å². The molecule has 3 saturated heterocycles. The molecule has 3 aliphatic rings. The van der Waals surface area contributed by atoms with E-state index < -0.39 is 0 Å². The van der Waals surface area contributed by atoms with Crippen molar-refractivity contribution < 1.29 is 9.53 Å². The van der Waals surface area contributed by atoms with Crippen LogP contribution < -0.4 is 10.2 Å². The molecule has 0 saturated carbocycles. The van der Waals surface area contributed by atoms with Crippen molar-refractivity contribution in [2.75, 3.05) is 24.5 Å². The van der Waals surface area contributed by atoms with E-state index in [0.29, 0.717) is 36.1 Å². The maximum absolute atomic E-state index is 12.6. The van der Waals surface area contributed by atoms with Crippen LogP contribution in [0.3, 0.4) is 0 Å². The zero-order valence-electron chi connectivity index (χ0n) is 16.2. The van der Waals surface area contributed by atoms with E-state index in [1.54, 1.807) is 18.6 Å². The maximum atomic E-state index is 12.6. The molecular weight excluding hydrogens is 368 g/mol. The number of rotatable bonds is 4. The summed E-state index contributed by atoms with van der Waals surface area (Å²) in [5, 5.41) is 12.5. The molecule has 4 atom stereocenters. The first-order chi connectivity index (χ1) is 14.1. The number of aromatic nitrogens is 3. The van der Waals surface area contributed by atoms with Gasteiger partial charge in [-0.05, 0) is 31.4 Å². The summed E-state index contributed by atoms with van der Waals surface area (Å²) in [6.45, 7) is 3.97. The van der Waals surface area contributed by atoms with Crippen LogP contribution in [0, 0.1) is 30.1 Å². The minimum atomic E-state index is -0.213. The van der Waals surface area contributed by atoms with Gasteiger partial charge in [-0.2, -0.15) is 5.26 Å². The monoisotopic (exact) mass is 390 g/mol. The van der Waals surface area contributed by atoms with Crippen molar-refractivity contribution >= 4 is 11.7 Å². The largest absolute Gasteiger partial charge is 0.369 e. The minimum Gasteiger partial charge on any atom is -0.369 e. The molecule has 5 heterocycles. The average Bonchev–Trinajstić information content (AvgIpc) is 3.40. The molecule has 0 aliphatic carbocycles. The fraction of sp³-hybridized carbons (Fsp3) is 0.476. The van der Waals surface area contributed by atoms with E-state index in [1.807, 2.05) is 13.0 Å². The van der Waals surface area contributed by atoms with Crippen LogP contribution in [-0.2, 0) is 4.74 Å². The van der Waals surface area contributed by atoms with Crippen LogP contribution in [0.5, 0.6) is 0 Å². The van der Waals surface area contributed by atoms with Gasteiger partial charge in [0, 0.05) is 56.3 Å². The lowest BCUT2D eigenvalue weighted by atomic mass is 9.73. The lowest BCUT2D eigenvalue weighted by Gasteiger charge is -2.29. The molecule has 2 aromatic heterocycles. The summed E-state index contributed by atoms with van der Waals surface area (Å²) in [6.07, 6.45) is 8.67. The minimum absolute atomic E-state index is 0.103. The summed E-state index contributed by atoms with van der Waals surface area (Å²) >= 11 is 0. The molecule has 29 heavy (non-hydrogen) atoms. The Morgan fingerprint density at radius 3 is 3.10 bits per heavy atom. The summed E-state index contributed by atoms with van der Waals surface area (Å²) in [7, 11) is 0. The number of nitriles is 1. The van der Waals surface area contributed by atoms with E-state index in [4.69, 9.17) is 4.74 Å². The lowest BCUT2D eigenvalue weighted by Crippen LogP contribution is -2.41. The second-order valence-electron chi connectivity index (χ2n) is 8.21. The number of nitrogens with zero attached hydrogens (tertiary/aromatic N) is 5. The number of aryl methyl sites for hydroxylation is 1. The van der Waals surface area contributed by atoms with E-state index in [9.17, 15) is 10.1 Å². The molecule has 1 spiro atoms. The van der Waals surface area contributed by atoms with E-state index >= 15 is 0 Å². The predicted octanol–water partition coefficient (Wildman–Crippen LogP) is 1.47. The van der Waals surface area contributed by atoms with Crippen molar-refractivity contribution in [3.8, 4) is 6.07 Å². The van der Waals surface area contributed by atoms with Crippen LogP contribution in [0.15, 0.2) is 30.9 Å². The van der Waals surface area contributed by atoms with Crippen LogP contribution in [0.25, 0.3) is 0 Å². The first-order valence-electron chi connectivity index (χ1n) is 9.93. The zero-order chi connectivity index (χ0) is 20.0. The van der Waals surface area contributed by atoms with Crippen LogP contribution in [0.4, 0.5) is 5.82 Å². The first-order valence-corrected chi connectivity index (χ1v) is 9.93. The number of anilines is 1. The molecule has 5 rings (SSSR count). The highest BCUT2D eigenvalue weighted by Gasteiger charge is 2.63. The second kappa shape index (κ2) is 6.78. The summed E-state index contributed by atoms with van der Waals surface area (Å²) in [5.74, 6) is 1.07. The third-order valence-corrected chi connectivity index (χ3v) is 6.50. The molecule has 8 heteroatoms. The molecular formula is C21H22N6O2. The van der Waals surface area contributed by atoms with Crippen LogP contribution in [0.2, 0.25) is 0 Å². The molecule has 1 amide bonds. The highest BCUT2D eigenvalue weighted by molar-refractivity contribution is 5.94. The highest BCUT2D eigenvalue weighted by Crippen LogP contribution is 2.55. The van der Waals surface area contributed by atoms with Crippen molar-refractivity contribution in [3.63, 3.8) is 0 Å². The summed E-state index contributed by atoms with van der Waals surface area (Å²) in [4.78, 5) is 27.3. The van der Waals surface area contributed by atoms with E-state index in [-0.39, 0.29) is 23.5 Å². The zero-order valence-corrected chi connectivity index (χ0v) is 16.2. The standard InChI is InChI=1S/C21H22N6O2/c1-13-6-14(9-23-8-13)20(28)26-10-15-16-11-27(12-21(16)3-2-18(15)29-21)19-17(7-22)24-4-5-25-19/h4-6,8-9,15-16,18H,2-3,10-12H2,1H3,(H,26,28)/t15-,16+,18+,21+/m0/s1. The van der Waals surface area contributed by atoms with E-state index in [0.717, 1.165) is 24.9 Å². The first kappa shape index (κ1) is 18.0. The van der Waals surface area contributed by atoms with Gasteiger partial charge >= 0.3 is 0 Å². The Balaban J connectivity index is 1.32. The SMILES string of the molecule is Cc1cncc(C(=O)NC[C@H]2[C@H]3CN(c4nccnc4C#N)C[C@]34CC[C@H]2O4)c1. The van der Waals surface area contributed by atoms with Crippen LogP contribution >= 0.6 is 0 Å². The van der Waals surface area contributed by atoms with Crippen molar-refractivity contribution in [2.24, 2.45) is 11.8 Å². The Bertz CT molecular complexity index is 1000. The molecule has 3 aliphatic heterocycles. The number of hydrogen-bond donors (Lipinski definition) is 1. The number of carbonyl (C=O) groups excluding carboxylic acids is 1. The van der Waals surface area contributed by atoms with Gasteiger partial charge in [0.05, 0.1) is 17.3 Å². The third-order valence-electron chi connectivity index (χ3n) is 6.50. The maximum Gasteiger partial charge on any atom is 0.252 e. The van der Waals surface area contributed by atoms with E-state index in [2.05, 4.69) is 31.2 Å². The third kappa shape index (κ3) is 2.93. The molecule has 1 N–H and O–H groups in total. The van der Waals surface area contributed by atoms with E-state index in [1.165, 1.54) is 6.20 Å². The Hall–Kier alpha value is -3.05. The van der Waals surface area contributed by atoms with Crippen LogP contribution in [-0.4, -0.2) is 52.2 Å². The number of amides is 1. The van der Waals surface area contributed by atoms with Gasteiger partial charge in [-0.25, -0.2) is 9.97 Å². The number of fused-ring (bicyclic) bond motifs is 1. The topological polar surface area (TPSA) is 104 Å². The molecule has 0 unspecified atom stereocenters. The van der Waals surface area contributed by atoms with Gasteiger partial charge in [0.15, 0.2) is 11.5 Å². The van der Waals surface area contributed by atoms with Gasteiger partial charge < -0.3 is 15.0 Å². The smallest absolute Gasteiger partial charge is 0.252 e. The quantitative estimate of drug-likeness (QED) is 0.843. The van der Waals surface area contributed by atoms with Gasteiger partial charge in [-0.15, -0.1) is 0 Å². The highest BCUT2D eigenvalue weighted by atomic mass is 16.5. The lowest BCUT2D eigenvalue weighted by molar-refractivity contribution is 0.0141. The Kier molecular flexibility index (Phi) is 4.21. The van der Waals surface area contributed by atoms with Gasteiger partial charge in [-0.3, -0.25) is 9.78 Å². The number of ether oxygens (including phenoxy) is 1. The number of nitrogens with one attached hydrogen (secondary N) is 1. The van der Waals surface area contributed by atoms with Crippen molar-refractivity contribution in [1.82, 2.24) is 20.3 Å². The summed E-state index contributed by atoms with van der Waals surface area (Å²) in [5.41, 5.74) is 1.67. The number of hydrogen-bond acceptors (Lipinski definition) is 7. The van der Waals surface area contributed by atoms with Crippen molar-refractivity contribution in [1.29, 1.82) is 5.26 Å². The summed E-state index contributed by atoms with van der Waals surface area (Å²) in [6, 6.07) is 3.98. The Morgan fingerprint density at radius 1 is 1.41 bits per heavy atom. The normalized spacial score (nSPS) is 29.5. The number of carbonyl (C=O) groups is 1. The fourth-order valence-corrected chi connectivity index (χ4v) is 5.26. The molecule has 3 fully saturated rings. The second-order valence-corrected chi connectivity index (χ2v) is 8.21. The molecule has 2 aromatic rings. The van der Waals surface area contributed by atoms with Crippen molar-refractivity contribution in [2.45, 2.75) is 31.5 Å². The Labute approximate surface area is 168 Å². The van der Waals surface area contributed by atoms with Crippen LogP contribution in [0.1, 0.15) is 34.5 Å². The molecule has 148 valence electrons. The molecule has 2 bridgehead atoms. The van der Waals surface area contributed by atoms with Gasteiger partial charge in [-0.1, -0.05) is 0 Å². The molecule has 0 aromatic carbocycles. The average molecular weight is 390 g/mol. The summed E-state index contributed by atoms with van der Waals surface area (Å²) < 4.78 is 6.44. The van der Waals surface area contributed by atoms with Gasteiger partial charge in [0.25, 0.3) is 5.91 Å². The van der Waals surface area contributed by atoms with Gasteiger partial charge in [0.2, 0.25) is 0 Å². The Morgan fingerprint density at radius 2 is 2.28 bits per heavy atom. The predicted molar refractivity (Wildman–Crippen MR) is 104 cm³/mol.